The molecular weight excluding hydrogens is 977 g/mol. The zero-order chi connectivity index (χ0) is 52.6. The van der Waals surface area contributed by atoms with Gasteiger partial charge in [0.1, 0.15) is 81.4 Å². The van der Waals surface area contributed by atoms with E-state index in [0.717, 1.165) is 32.1 Å². The van der Waals surface area contributed by atoms with Crippen LogP contribution in [0.4, 0.5) is 0 Å². The van der Waals surface area contributed by atoms with E-state index >= 15 is 0 Å². The van der Waals surface area contributed by atoms with Crippen LogP contribution in [0.25, 0.3) is 0 Å². The topological polar surface area (TPSA) is 277 Å². The van der Waals surface area contributed by atoms with E-state index in [1.165, 1.54) is 6.42 Å². The summed E-state index contributed by atoms with van der Waals surface area (Å²) < 4.78 is 88.0. The Morgan fingerprint density at radius 3 is 1.62 bits per heavy atom. The second-order valence-corrected chi connectivity index (χ2v) is 17.9. The number of aliphatic hydroxyl groups is 6. The minimum Gasteiger partial charge on any atom is -0.487 e. The Kier molecular flexibility index (Phi) is 29.4. The summed E-state index contributed by atoms with van der Waals surface area (Å²) >= 11 is 0. The Morgan fingerprint density at radius 1 is 0.568 bits per heavy atom. The molecule has 22 heteroatoms. The van der Waals surface area contributed by atoms with Crippen molar-refractivity contribution in [2.45, 2.75) is 113 Å². The number of hydrogen-bond acceptors (Lipinski definition) is 22. The van der Waals surface area contributed by atoms with Gasteiger partial charge in [0.2, 0.25) is 5.75 Å². The van der Waals surface area contributed by atoms with Crippen LogP contribution in [0, 0.1) is 0 Å². The lowest BCUT2D eigenvalue weighted by atomic mass is 9.94. The highest BCUT2D eigenvalue weighted by Crippen LogP contribution is 2.40. The molecule has 0 aromatic heterocycles. The minimum atomic E-state index is -1.79. The first kappa shape index (κ1) is 61.2. The number of para-hydroxylation sites is 3. The number of ether oxygens (including phenoxy) is 15. The molecule has 0 bridgehead atoms. The second-order valence-electron chi connectivity index (χ2n) is 17.9. The molecule has 0 aliphatic carbocycles. The number of esters is 1. The number of carbonyl (C=O) groups is 1. The van der Waals surface area contributed by atoms with Crippen molar-refractivity contribution in [1.29, 1.82) is 0 Å². The Bertz CT molecular complexity index is 1790. The summed E-state index contributed by atoms with van der Waals surface area (Å²) in [5, 5.41) is 64.0. The molecular formula is C52H82O22. The first-order chi connectivity index (χ1) is 36.2. The van der Waals surface area contributed by atoms with E-state index in [1.807, 2.05) is 24.3 Å². The van der Waals surface area contributed by atoms with Crippen molar-refractivity contribution in [1.82, 2.24) is 0 Å². The van der Waals surface area contributed by atoms with Crippen LogP contribution in [0.3, 0.4) is 0 Å². The fraction of sp³-hybridized carbons (Fsp3) is 0.750. The molecule has 422 valence electrons. The molecule has 2 fully saturated rings. The third-order valence-electron chi connectivity index (χ3n) is 12.4. The highest BCUT2D eigenvalue weighted by Gasteiger charge is 2.54. The van der Waals surface area contributed by atoms with Crippen LogP contribution in [0.5, 0.6) is 28.7 Å². The predicted octanol–water partition coefficient (Wildman–Crippen LogP) is 1.80. The SMILES string of the molecule is CCCCCCCCCC(=O)OCC1O[C@H](COC[C@]2(CO)O[C@@H](CO)C(O)C2O)C(O)C(O)[C@H]1Oc1cccc2c1OCCOCCOCCOCCOc1ccccc1OCCOCCOCCOCCO2. The van der Waals surface area contributed by atoms with Gasteiger partial charge in [-0.1, -0.05) is 63.6 Å². The largest absolute Gasteiger partial charge is 0.487 e. The summed E-state index contributed by atoms with van der Waals surface area (Å²) in [5.74, 6) is 1.29. The van der Waals surface area contributed by atoms with Crippen LogP contribution in [0.2, 0.25) is 0 Å². The number of benzene rings is 2. The summed E-state index contributed by atoms with van der Waals surface area (Å²) in [6, 6.07) is 12.3. The van der Waals surface area contributed by atoms with E-state index in [4.69, 9.17) is 71.1 Å². The fourth-order valence-corrected chi connectivity index (χ4v) is 8.25. The molecule has 6 N–H and O–H groups in total. The summed E-state index contributed by atoms with van der Waals surface area (Å²) in [4.78, 5) is 13.0. The van der Waals surface area contributed by atoms with Gasteiger partial charge in [0.25, 0.3) is 0 Å². The maximum Gasteiger partial charge on any atom is 0.305 e. The molecule has 3 heterocycles. The standard InChI is InChI=1S/C52H82O22/c1-2-3-4-5-6-7-8-16-45(55)71-35-44-50(48(58)46(56)43(72-44)34-66-37-52(36-54)51(59)47(57)42(33-53)74-52)73-41-15-11-14-40-49(41)70-32-28-65-24-20-61-18-22-63-26-30-68-39-13-10-9-12-38(39)67-29-25-62-21-17-60-19-23-64-27-31-69-40/h9-15,42-44,46-48,50-51,53-54,56-59H,2-8,16-37H2,1H3/t42-,43+,44?,46?,47?,48?,50-,51?,52-/m0/s1. The molecule has 5 unspecified atom stereocenters. The van der Waals surface area contributed by atoms with E-state index < -0.39 is 86.8 Å². The normalized spacial score (nSPS) is 27.9. The summed E-state index contributed by atoms with van der Waals surface area (Å²) in [6.45, 7) is 4.02. The highest BCUT2D eigenvalue weighted by atomic mass is 16.6. The first-order valence-electron chi connectivity index (χ1n) is 26.1. The second kappa shape index (κ2) is 35.6. The number of aliphatic hydroxyl groups excluding tert-OH is 6. The van der Waals surface area contributed by atoms with Crippen molar-refractivity contribution < 1.29 is 106 Å². The smallest absolute Gasteiger partial charge is 0.305 e. The summed E-state index contributed by atoms with van der Waals surface area (Å²) in [6.07, 6.45) is -4.06. The van der Waals surface area contributed by atoms with E-state index in [1.54, 1.807) is 18.2 Å². The van der Waals surface area contributed by atoms with Crippen LogP contribution in [0.15, 0.2) is 42.5 Å². The lowest BCUT2D eigenvalue weighted by molar-refractivity contribution is -0.241. The van der Waals surface area contributed by atoms with Crippen LogP contribution in [-0.2, 0) is 52.2 Å². The summed E-state index contributed by atoms with van der Waals surface area (Å²) in [7, 11) is 0. The van der Waals surface area contributed by atoms with Gasteiger partial charge in [-0.3, -0.25) is 4.79 Å². The molecule has 2 aromatic rings. The third-order valence-corrected chi connectivity index (χ3v) is 12.4. The van der Waals surface area contributed by atoms with E-state index in [2.05, 4.69) is 6.92 Å². The molecule has 0 spiro atoms. The van der Waals surface area contributed by atoms with Gasteiger partial charge in [-0.15, -0.1) is 0 Å². The molecule has 0 radical (unpaired) electrons. The Hall–Kier alpha value is -3.69. The van der Waals surface area contributed by atoms with Gasteiger partial charge in [-0.25, -0.2) is 0 Å². The van der Waals surface area contributed by atoms with Gasteiger partial charge in [0.05, 0.1) is 106 Å². The number of hydrogen-bond donors (Lipinski definition) is 6. The molecule has 5 rings (SSSR count). The van der Waals surface area contributed by atoms with Crippen LogP contribution < -0.4 is 23.7 Å². The Labute approximate surface area is 434 Å². The lowest BCUT2D eigenvalue weighted by Gasteiger charge is -2.42. The number of fused-ring (bicyclic) bond motifs is 2. The molecule has 2 saturated heterocycles. The molecule has 9 atom stereocenters. The van der Waals surface area contributed by atoms with Crippen molar-refractivity contribution in [3.63, 3.8) is 0 Å². The maximum atomic E-state index is 13.0. The maximum absolute atomic E-state index is 13.0. The van der Waals surface area contributed by atoms with Gasteiger partial charge >= 0.3 is 5.97 Å². The van der Waals surface area contributed by atoms with Crippen LogP contribution in [-0.4, -0.2) is 230 Å². The van der Waals surface area contributed by atoms with Crippen molar-refractivity contribution in [3.8, 4) is 28.7 Å². The highest BCUT2D eigenvalue weighted by molar-refractivity contribution is 5.69. The van der Waals surface area contributed by atoms with Crippen molar-refractivity contribution >= 4 is 5.97 Å². The lowest BCUT2D eigenvalue weighted by Crippen LogP contribution is -2.62. The molecule has 3 aliphatic heterocycles. The predicted molar refractivity (Wildman–Crippen MR) is 263 cm³/mol. The molecule has 3 aliphatic rings. The van der Waals surface area contributed by atoms with Crippen molar-refractivity contribution in [2.24, 2.45) is 0 Å². The number of rotatable bonds is 18. The average molecular weight is 1060 g/mol. The molecule has 74 heavy (non-hydrogen) atoms. The monoisotopic (exact) mass is 1060 g/mol. The fourth-order valence-electron chi connectivity index (χ4n) is 8.25. The van der Waals surface area contributed by atoms with Gasteiger partial charge in [0.15, 0.2) is 29.1 Å². The Morgan fingerprint density at radius 2 is 1.08 bits per heavy atom. The van der Waals surface area contributed by atoms with Gasteiger partial charge in [0, 0.05) is 6.42 Å². The zero-order valence-corrected chi connectivity index (χ0v) is 42.9. The van der Waals surface area contributed by atoms with Crippen molar-refractivity contribution in [2.75, 3.05) is 139 Å². The first-order valence-corrected chi connectivity index (χ1v) is 26.1. The van der Waals surface area contributed by atoms with Gasteiger partial charge < -0.3 is 102 Å². The third kappa shape index (κ3) is 20.7. The van der Waals surface area contributed by atoms with Gasteiger partial charge in [-0.05, 0) is 30.7 Å². The van der Waals surface area contributed by atoms with Gasteiger partial charge in [-0.2, -0.15) is 0 Å². The number of carbonyl (C=O) groups excluding carboxylic acids is 1. The molecule has 0 saturated carbocycles. The van der Waals surface area contributed by atoms with Crippen molar-refractivity contribution in [3.05, 3.63) is 42.5 Å². The molecule has 2 aromatic carbocycles. The zero-order valence-electron chi connectivity index (χ0n) is 42.9. The average Bonchev–Trinajstić information content (AvgIpc) is 3.65. The Balaban J connectivity index is 1.22. The summed E-state index contributed by atoms with van der Waals surface area (Å²) in [5.41, 5.74) is -1.79. The van der Waals surface area contributed by atoms with E-state index in [9.17, 15) is 35.4 Å². The quantitative estimate of drug-likeness (QED) is 0.0917. The number of unbranched alkanes of at least 4 members (excludes halogenated alkanes) is 6. The van der Waals surface area contributed by atoms with E-state index in [-0.39, 0.29) is 63.3 Å². The van der Waals surface area contributed by atoms with Crippen LogP contribution in [0.1, 0.15) is 58.3 Å². The van der Waals surface area contributed by atoms with Crippen LogP contribution >= 0.6 is 0 Å². The minimum absolute atomic E-state index is 0.0425. The molecule has 22 nitrogen and oxygen atoms in total. The molecule has 0 amide bonds. The van der Waals surface area contributed by atoms with E-state index in [0.29, 0.717) is 90.6 Å².